The highest BCUT2D eigenvalue weighted by atomic mass is 16.1. The zero-order valence-corrected chi connectivity index (χ0v) is 11.2. The van der Waals surface area contributed by atoms with Gasteiger partial charge in [-0.2, -0.15) is 0 Å². The van der Waals surface area contributed by atoms with Crippen LogP contribution in [0, 0.1) is 23.7 Å². The van der Waals surface area contributed by atoms with Crippen molar-refractivity contribution in [1.82, 2.24) is 5.32 Å². The summed E-state index contributed by atoms with van der Waals surface area (Å²) in [5, 5.41) is 3.42. The average Bonchev–Trinajstić information content (AvgIpc) is 2.11. The number of amides is 1. The molecule has 0 saturated heterocycles. The minimum Gasteiger partial charge on any atom is -0.351 e. The van der Waals surface area contributed by atoms with Crippen LogP contribution in [0.4, 0.5) is 0 Å². The third-order valence-corrected chi connectivity index (χ3v) is 5.04. The van der Waals surface area contributed by atoms with E-state index in [1.54, 1.807) is 0 Å². The Kier molecular flexibility index (Phi) is 2.72. The third-order valence-electron chi connectivity index (χ3n) is 5.04. The molecule has 1 N–H and O–H groups in total. The number of rotatable bonds is 3. The van der Waals surface area contributed by atoms with E-state index < -0.39 is 0 Å². The first-order valence-corrected chi connectivity index (χ1v) is 7.36. The van der Waals surface area contributed by atoms with E-state index >= 15 is 0 Å². The second kappa shape index (κ2) is 4.00. The SMILES string of the molecule is CC(C)CC(=O)NC12CC3CC(CC(C3)C1)C2. The minimum atomic E-state index is 0.209. The predicted molar refractivity (Wildman–Crippen MR) is 68.5 cm³/mol. The van der Waals surface area contributed by atoms with E-state index in [1.807, 2.05) is 0 Å². The van der Waals surface area contributed by atoms with Gasteiger partial charge in [0.2, 0.25) is 5.91 Å². The molecule has 2 heteroatoms. The summed E-state index contributed by atoms with van der Waals surface area (Å²) in [6.07, 6.45) is 8.83. The molecule has 0 radical (unpaired) electrons. The zero-order valence-electron chi connectivity index (χ0n) is 11.2. The Morgan fingerprint density at radius 3 is 2.00 bits per heavy atom. The van der Waals surface area contributed by atoms with Gasteiger partial charge in [0.15, 0.2) is 0 Å². The monoisotopic (exact) mass is 235 g/mol. The van der Waals surface area contributed by atoms with Gasteiger partial charge in [0, 0.05) is 12.0 Å². The molecule has 4 bridgehead atoms. The van der Waals surface area contributed by atoms with Crippen molar-refractivity contribution in [1.29, 1.82) is 0 Å². The smallest absolute Gasteiger partial charge is 0.220 e. The van der Waals surface area contributed by atoms with E-state index in [-0.39, 0.29) is 5.54 Å². The molecule has 4 saturated carbocycles. The van der Waals surface area contributed by atoms with Gasteiger partial charge in [-0.25, -0.2) is 0 Å². The summed E-state index contributed by atoms with van der Waals surface area (Å²) in [6.45, 7) is 4.25. The molecule has 2 nitrogen and oxygen atoms in total. The van der Waals surface area contributed by atoms with Gasteiger partial charge in [-0.05, 0) is 62.2 Å². The summed E-state index contributed by atoms with van der Waals surface area (Å²) in [4.78, 5) is 12.0. The molecule has 0 heterocycles. The molecule has 0 spiro atoms. The Morgan fingerprint density at radius 1 is 1.12 bits per heavy atom. The minimum absolute atomic E-state index is 0.209. The fourth-order valence-corrected chi connectivity index (χ4v) is 4.98. The Morgan fingerprint density at radius 2 is 1.59 bits per heavy atom. The van der Waals surface area contributed by atoms with Crippen molar-refractivity contribution in [3.05, 3.63) is 0 Å². The largest absolute Gasteiger partial charge is 0.351 e. The number of hydrogen-bond acceptors (Lipinski definition) is 1. The Labute approximate surface area is 105 Å². The molecule has 4 aliphatic carbocycles. The van der Waals surface area contributed by atoms with Crippen LogP contribution in [0.5, 0.6) is 0 Å². The van der Waals surface area contributed by atoms with Crippen LogP contribution in [0.2, 0.25) is 0 Å². The standard InChI is InChI=1S/C15H25NO/c1-10(2)3-14(17)16-15-7-11-4-12(8-15)6-13(5-11)9-15/h10-13H,3-9H2,1-2H3,(H,16,17). The number of carbonyl (C=O) groups excluding carboxylic acids is 1. The molecule has 4 rings (SSSR count). The van der Waals surface area contributed by atoms with Crippen LogP contribution in [0.1, 0.15) is 58.8 Å². The lowest BCUT2D eigenvalue weighted by molar-refractivity contribution is -0.127. The molecular weight excluding hydrogens is 210 g/mol. The van der Waals surface area contributed by atoms with Crippen molar-refractivity contribution in [3.63, 3.8) is 0 Å². The van der Waals surface area contributed by atoms with E-state index in [0.717, 1.165) is 17.8 Å². The maximum atomic E-state index is 12.0. The maximum absolute atomic E-state index is 12.0. The summed E-state index contributed by atoms with van der Waals surface area (Å²) < 4.78 is 0. The van der Waals surface area contributed by atoms with Crippen LogP contribution in [0.15, 0.2) is 0 Å². The maximum Gasteiger partial charge on any atom is 0.220 e. The van der Waals surface area contributed by atoms with Crippen LogP contribution in [-0.2, 0) is 4.79 Å². The fraction of sp³-hybridized carbons (Fsp3) is 0.933. The van der Waals surface area contributed by atoms with Gasteiger partial charge in [-0.15, -0.1) is 0 Å². The lowest BCUT2D eigenvalue weighted by Gasteiger charge is -2.57. The summed E-state index contributed by atoms with van der Waals surface area (Å²) in [7, 11) is 0. The first-order valence-electron chi connectivity index (χ1n) is 7.36. The highest BCUT2D eigenvalue weighted by molar-refractivity contribution is 5.77. The summed E-state index contributed by atoms with van der Waals surface area (Å²) >= 11 is 0. The number of nitrogens with one attached hydrogen (secondary N) is 1. The van der Waals surface area contributed by atoms with Gasteiger partial charge in [0.1, 0.15) is 0 Å². The molecule has 4 aliphatic rings. The highest BCUT2D eigenvalue weighted by Crippen LogP contribution is 2.55. The first-order chi connectivity index (χ1) is 8.05. The van der Waals surface area contributed by atoms with Gasteiger partial charge in [0.25, 0.3) is 0 Å². The fourth-order valence-electron chi connectivity index (χ4n) is 4.98. The number of carbonyl (C=O) groups is 1. The first kappa shape index (κ1) is 11.6. The van der Waals surface area contributed by atoms with Crippen molar-refractivity contribution >= 4 is 5.91 Å². The van der Waals surface area contributed by atoms with Crippen molar-refractivity contribution in [3.8, 4) is 0 Å². The van der Waals surface area contributed by atoms with Gasteiger partial charge in [0.05, 0.1) is 0 Å². The summed E-state index contributed by atoms with van der Waals surface area (Å²) in [5.74, 6) is 3.52. The molecule has 0 unspecified atom stereocenters. The topological polar surface area (TPSA) is 29.1 Å². The van der Waals surface area contributed by atoms with E-state index in [4.69, 9.17) is 0 Å². The van der Waals surface area contributed by atoms with Gasteiger partial charge >= 0.3 is 0 Å². The van der Waals surface area contributed by atoms with Crippen LogP contribution >= 0.6 is 0 Å². The molecule has 0 aromatic carbocycles. The van der Waals surface area contributed by atoms with Crippen molar-refractivity contribution in [2.75, 3.05) is 0 Å². The molecule has 0 aromatic heterocycles. The number of hydrogen-bond donors (Lipinski definition) is 1. The molecule has 1 amide bonds. The van der Waals surface area contributed by atoms with Crippen LogP contribution in [0.25, 0.3) is 0 Å². The molecule has 17 heavy (non-hydrogen) atoms. The predicted octanol–water partition coefficient (Wildman–Crippen LogP) is 3.12. The Balaban J connectivity index is 1.68. The average molecular weight is 235 g/mol. The molecule has 4 fully saturated rings. The van der Waals surface area contributed by atoms with Crippen molar-refractivity contribution in [2.45, 2.75) is 64.3 Å². The second-order valence-corrected chi connectivity index (χ2v) is 7.34. The van der Waals surface area contributed by atoms with Crippen LogP contribution in [-0.4, -0.2) is 11.4 Å². The highest BCUT2D eigenvalue weighted by Gasteiger charge is 2.51. The van der Waals surface area contributed by atoms with Gasteiger partial charge in [-0.1, -0.05) is 13.8 Å². The molecule has 96 valence electrons. The van der Waals surface area contributed by atoms with Gasteiger partial charge < -0.3 is 5.32 Å². The molecule has 0 aliphatic heterocycles. The Bertz CT molecular complexity index is 286. The lowest BCUT2D eigenvalue weighted by Crippen LogP contribution is -2.59. The second-order valence-electron chi connectivity index (χ2n) is 7.34. The quantitative estimate of drug-likeness (QED) is 0.800. The zero-order chi connectivity index (χ0) is 12.0. The van der Waals surface area contributed by atoms with Crippen molar-refractivity contribution in [2.24, 2.45) is 23.7 Å². The van der Waals surface area contributed by atoms with Gasteiger partial charge in [-0.3, -0.25) is 4.79 Å². The normalized spacial score (nSPS) is 43.1. The van der Waals surface area contributed by atoms with Crippen LogP contribution in [0.3, 0.4) is 0 Å². The lowest BCUT2D eigenvalue weighted by atomic mass is 9.53. The summed E-state index contributed by atoms with van der Waals surface area (Å²) in [5.41, 5.74) is 0.209. The molecule has 0 atom stereocenters. The van der Waals surface area contributed by atoms with Crippen LogP contribution < -0.4 is 5.32 Å². The summed E-state index contributed by atoms with van der Waals surface area (Å²) in [6, 6.07) is 0. The third kappa shape index (κ3) is 2.23. The van der Waals surface area contributed by atoms with E-state index in [2.05, 4.69) is 19.2 Å². The van der Waals surface area contributed by atoms with Crippen molar-refractivity contribution < 1.29 is 4.79 Å². The van der Waals surface area contributed by atoms with E-state index in [1.165, 1.54) is 38.5 Å². The molecule has 0 aromatic rings. The van der Waals surface area contributed by atoms with E-state index in [9.17, 15) is 4.79 Å². The Hall–Kier alpha value is -0.530. The van der Waals surface area contributed by atoms with E-state index in [0.29, 0.717) is 18.2 Å². The molecular formula is C15H25NO.